The number of nitrogens with one attached hydrogen (secondary N) is 2. The van der Waals surface area contributed by atoms with Gasteiger partial charge in [-0.2, -0.15) is 0 Å². The summed E-state index contributed by atoms with van der Waals surface area (Å²) in [5, 5.41) is 6.57. The van der Waals surface area contributed by atoms with Gasteiger partial charge >= 0.3 is 0 Å². The van der Waals surface area contributed by atoms with E-state index in [0.29, 0.717) is 18.5 Å². The third kappa shape index (κ3) is 5.68. The summed E-state index contributed by atoms with van der Waals surface area (Å²) in [6, 6.07) is 9.25. The van der Waals surface area contributed by atoms with Crippen LogP contribution in [-0.2, 0) is 17.6 Å². The highest BCUT2D eigenvalue weighted by Gasteiger charge is 2.21. The SMILES string of the molecule is CCc1ccc(CCC(=O)NC2CCCNC2C)cc1.Cl. The minimum Gasteiger partial charge on any atom is -0.352 e. The highest BCUT2D eigenvalue weighted by molar-refractivity contribution is 5.85. The number of aryl methyl sites for hydroxylation is 2. The quantitative estimate of drug-likeness (QED) is 0.878. The van der Waals surface area contributed by atoms with Crippen molar-refractivity contribution in [3.63, 3.8) is 0 Å². The zero-order valence-corrected chi connectivity index (χ0v) is 13.8. The van der Waals surface area contributed by atoms with Crippen LogP contribution in [0, 0.1) is 0 Å². The van der Waals surface area contributed by atoms with E-state index in [1.807, 2.05) is 0 Å². The molecular formula is C17H27ClN2O. The first-order valence-corrected chi connectivity index (χ1v) is 7.79. The Balaban J connectivity index is 0.00000220. The summed E-state index contributed by atoms with van der Waals surface area (Å²) in [7, 11) is 0. The third-order valence-electron chi connectivity index (χ3n) is 4.18. The van der Waals surface area contributed by atoms with Crippen LogP contribution in [0.25, 0.3) is 0 Å². The van der Waals surface area contributed by atoms with Crippen LogP contribution in [0.2, 0.25) is 0 Å². The maximum atomic E-state index is 12.0. The van der Waals surface area contributed by atoms with E-state index < -0.39 is 0 Å². The van der Waals surface area contributed by atoms with Crippen molar-refractivity contribution < 1.29 is 4.79 Å². The van der Waals surface area contributed by atoms with Gasteiger partial charge in [0.1, 0.15) is 0 Å². The molecule has 1 aromatic rings. The number of rotatable bonds is 5. The van der Waals surface area contributed by atoms with Crippen LogP contribution < -0.4 is 10.6 Å². The lowest BCUT2D eigenvalue weighted by Gasteiger charge is -2.30. The molecule has 0 radical (unpaired) electrons. The summed E-state index contributed by atoms with van der Waals surface area (Å²) in [6.07, 6.45) is 4.70. The highest BCUT2D eigenvalue weighted by atomic mass is 35.5. The monoisotopic (exact) mass is 310 g/mol. The van der Waals surface area contributed by atoms with Gasteiger partial charge in [0.2, 0.25) is 5.91 Å². The number of hydrogen-bond donors (Lipinski definition) is 2. The molecule has 3 nitrogen and oxygen atoms in total. The van der Waals surface area contributed by atoms with E-state index in [4.69, 9.17) is 0 Å². The van der Waals surface area contributed by atoms with Crippen molar-refractivity contribution in [3.05, 3.63) is 35.4 Å². The molecule has 0 aliphatic carbocycles. The topological polar surface area (TPSA) is 41.1 Å². The van der Waals surface area contributed by atoms with Crippen LogP contribution in [0.1, 0.15) is 44.2 Å². The smallest absolute Gasteiger partial charge is 0.220 e. The Morgan fingerprint density at radius 3 is 2.57 bits per heavy atom. The molecule has 2 unspecified atom stereocenters. The molecule has 1 aliphatic rings. The molecule has 4 heteroatoms. The standard InChI is InChI=1S/C17H26N2O.ClH/c1-3-14-6-8-15(9-7-14)10-11-17(20)19-16-5-4-12-18-13(16)2;/h6-9,13,16,18H,3-5,10-12H2,1-2H3,(H,19,20);1H. The lowest BCUT2D eigenvalue weighted by atomic mass is 9.99. The van der Waals surface area contributed by atoms with Crippen molar-refractivity contribution in [2.75, 3.05) is 6.54 Å². The van der Waals surface area contributed by atoms with Crippen molar-refractivity contribution in [1.29, 1.82) is 0 Å². The van der Waals surface area contributed by atoms with Crippen molar-refractivity contribution in [3.8, 4) is 0 Å². The molecule has 21 heavy (non-hydrogen) atoms. The Hall–Kier alpha value is -1.06. The normalized spacial score (nSPS) is 21.4. The fraction of sp³-hybridized carbons (Fsp3) is 0.588. The van der Waals surface area contributed by atoms with Crippen molar-refractivity contribution in [2.45, 2.75) is 58.0 Å². The van der Waals surface area contributed by atoms with Crippen molar-refractivity contribution in [2.24, 2.45) is 0 Å². The molecule has 118 valence electrons. The number of amides is 1. The van der Waals surface area contributed by atoms with Gasteiger partial charge in [-0.05, 0) is 50.3 Å². The minimum atomic E-state index is 0. The van der Waals surface area contributed by atoms with Crippen LogP contribution in [-0.4, -0.2) is 24.5 Å². The second-order valence-corrected chi connectivity index (χ2v) is 5.73. The molecule has 0 saturated carbocycles. The zero-order chi connectivity index (χ0) is 14.4. The second kappa shape index (κ2) is 9.06. The van der Waals surface area contributed by atoms with Gasteiger partial charge in [-0.15, -0.1) is 12.4 Å². The summed E-state index contributed by atoms with van der Waals surface area (Å²) in [5.41, 5.74) is 2.59. The molecule has 2 atom stereocenters. The molecule has 1 aliphatic heterocycles. The number of carbonyl (C=O) groups excluding carboxylic acids is 1. The summed E-state index contributed by atoms with van der Waals surface area (Å²) < 4.78 is 0. The van der Waals surface area contributed by atoms with Gasteiger partial charge in [0.25, 0.3) is 0 Å². The summed E-state index contributed by atoms with van der Waals surface area (Å²) >= 11 is 0. The summed E-state index contributed by atoms with van der Waals surface area (Å²) in [6.45, 7) is 5.37. The Labute approximate surface area is 134 Å². The number of benzene rings is 1. The lowest BCUT2D eigenvalue weighted by Crippen LogP contribution is -2.51. The Morgan fingerprint density at radius 2 is 1.95 bits per heavy atom. The number of hydrogen-bond acceptors (Lipinski definition) is 2. The van der Waals surface area contributed by atoms with Crippen LogP contribution in [0.4, 0.5) is 0 Å². The number of carbonyl (C=O) groups is 1. The van der Waals surface area contributed by atoms with Crippen molar-refractivity contribution >= 4 is 18.3 Å². The van der Waals surface area contributed by atoms with Gasteiger partial charge in [-0.1, -0.05) is 31.2 Å². The largest absolute Gasteiger partial charge is 0.352 e. The number of halogens is 1. The van der Waals surface area contributed by atoms with Gasteiger partial charge in [0, 0.05) is 18.5 Å². The molecule has 1 saturated heterocycles. The van der Waals surface area contributed by atoms with Crippen LogP contribution >= 0.6 is 12.4 Å². The Kier molecular flexibility index (Phi) is 7.76. The first-order valence-electron chi connectivity index (χ1n) is 7.79. The second-order valence-electron chi connectivity index (χ2n) is 5.73. The Morgan fingerprint density at radius 1 is 1.29 bits per heavy atom. The average Bonchev–Trinajstić information content (AvgIpc) is 2.48. The zero-order valence-electron chi connectivity index (χ0n) is 13.0. The maximum Gasteiger partial charge on any atom is 0.220 e. The van der Waals surface area contributed by atoms with Gasteiger partial charge in [-0.25, -0.2) is 0 Å². The van der Waals surface area contributed by atoms with Crippen LogP contribution in [0.15, 0.2) is 24.3 Å². The minimum absolute atomic E-state index is 0. The molecule has 1 heterocycles. The summed E-state index contributed by atoms with van der Waals surface area (Å²) in [4.78, 5) is 12.0. The molecule has 1 amide bonds. The molecular weight excluding hydrogens is 284 g/mol. The maximum absolute atomic E-state index is 12.0. The van der Waals surface area contributed by atoms with Gasteiger partial charge in [-0.3, -0.25) is 4.79 Å². The van der Waals surface area contributed by atoms with E-state index in [9.17, 15) is 4.79 Å². The third-order valence-corrected chi connectivity index (χ3v) is 4.18. The lowest BCUT2D eigenvalue weighted by molar-refractivity contribution is -0.122. The Bertz CT molecular complexity index is 433. The fourth-order valence-corrected chi connectivity index (χ4v) is 2.72. The van der Waals surface area contributed by atoms with Gasteiger partial charge in [0.05, 0.1) is 0 Å². The fourth-order valence-electron chi connectivity index (χ4n) is 2.72. The predicted molar refractivity (Wildman–Crippen MR) is 90.0 cm³/mol. The van der Waals surface area contributed by atoms with E-state index in [1.165, 1.54) is 11.1 Å². The van der Waals surface area contributed by atoms with E-state index >= 15 is 0 Å². The van der Waals surface area contributed by atoms with Crippen LogP contribution in [0.3, 0.4) is 0 Å². The predicted octanol–water partition coefficient (Wildman–Crippen LogP) is 2.86. The average molecular weight is 311 g/mol. The highest BCUT2D eigenvalue weighted by Crippen LogP contribution is 2.10. The van der Waals surface area contributed by atoms with Crippen molar-refractivity contribution in [1.82, 2.24) is 10.6 Å². The molecule has 0 spiro atoms. The van der Waals surface area contributed by atoms with E-state index in [2.05, 4.69) is 48.7 Å². The van der Waals surface area contributed by atoms with E-state index in [-0.39, 0.29) is 18.3 Å². The van der Waals surface area contributed by atoms with E-state index in [1.54, 1.807) is 0 Å². The summed E-state index contributed by atoms with van der Waals surface area (Å²) in [5.74, 6) is 0.171. The van der Waals surface area contributed by atoms with Gasteiger partial charge in [0.15, 0.2) is 0 Å². The first-order chi connectivity index (χ1) is 9.69. The molecule has 2 rings (SSSR count). The molecule has 2 N–H and O–H groups in total. The molecule has 0 aromatic heterocycles. The number of piperidine rings is 1. The first kappa shape index (κ1) is 18.0. The van der Waals surface area contributed by atoms with Gasteiger partial charge < -0.3 is 10.6 Å². The molecule has 1 aromatic carbocycles. The molecule has 1 fully saturated rings. The van der Waals surface area contributed by atoms with Crippen LogP contribution in [0.5, 0.6) is 0 Å². The van der Waals surface area contributed by atoms with E-state index in [0.717, 1.165) is 32.2 Å². The molecule has 0 bridgehead atoms.